The lowest BCUT2D eigenvalue weighted by atomic mass is 10.2. The highest BCUT2D eigenvalue weighted by Crippen LogP contribution is 2.34. The molecule has 0 saturated heterocycles. The lowest BCUT2D eigenvalue weighted by molar-refractivity contribution is 0.243. The molecule has 1 aromatic carbocycles. The van der Waals surface area contributed by atoms with Gasteiger partial charge < -0.3 is 4.74 Å². The van der Waals surface area contributed by atoms with E-state index >= 15 is 0 Å². The zero-order valence-electron chi connectivity index (χ0n) is 10.9. The number of halogens is 2. The number of thiazole rings is 1. The Kier molecular flexibility index (Phi) is 5.23. The van der Waals surface area contributed by atoms with Crippen molar-refractivity contribution in [1.29, 1.82) is 0 Å². The molecule has 0 aliphatic rings. The van der Waals surface area contributed by atoms with Crippen LogP contribution < -0.4 is 10.2 Å². The van der Waals surface area contributed by atoms with Crippen LogP contribution in [0.1, 0.15) is 19.4 Å². The third-order valence-corrected chi connectivity index (χ3v) is 3.42. The molecule has 0 unspecified atom stereocenters. The van der Waals surface area contributed by atoms with Gasteiger partial charge in [-0.25, -0.2) is 4.98 Å². The molecular formula is C13H13Cl2N3OS. The number of nitrogens with zero attached hydrogens (tertiary/aromatic N) is 2. The molecule has 0 aliphatic heterocycles. The van der Waals surface area contributed by atoms with E-state index in [0.29, 0.717) is 15.8 Å². The molecule has 1 N–H and O–H groups in total. The van der Waals surface area contributed by atoms with Gasteiger partial charge in [0.05, 0.1) is 22.4 Å². The van der Waals surface area contributed by atoms with Crippen molar-refractivity contribution in [2.24, 2.45) is 5.10 Å². The molecule has 0 spiro atoms. The van der Waals surface area contributed by atoms with Gasteiger partial charge >= 0.3 is 0 Å². The van der Waals surface area contributed by atoms with Gasteiger partial charge in [0.1, 0.15) is 0 Å². The second-order valence-electron chi connectivity index (χ2n) is 4.19. The Labute approximate surface area is 131 Å². The van der Waals surface area contributed by atoms with Gasteiger partial charge in [0.2, 0.25) is 5.13 Å². The summed E-state index contributed by atoms with van der Waals surface area (Å²) in [6.07, 6.45) is 3.34. The fourth-order valence-electron chi connectivity index (χ4n) is 1.44. The highest BCUT2D eigenvalue weighted by Gasteiger charge is 2.10. The fourth-order valence-corrected chi connectivity index (χ4v) is 2.51. The van der Waals surface area contributed by atoms with Crippen LogP contribution in [-0.2, 0) is 0 Å². The maximum absolute atomic E-state index is 6.16. The zero-order valence-corrected chi connectivity index (χ0v) is 13.3. The molecule has 4 nitrogen and oxygen atoms in total. The van der Waals surface area contributed by atoms with Crippen molar-refractivity contribution in [3.8, 4) is 5.75 Å². The molecule has 2 aromatic rings. The summed E-state index contributed by atoms with van der Waals surface area (Å²) < 4.78 is 5.56. The van der Waals surface area contributed by atoms with Crippen molar-refractivity contribution in [1.82, 2.24) is 4.98 Å². The summed E-state index contributed by atoms with van der Waals surface area (Å²) in [6.45, 7) is 3.83. The standard InChI is InChI=1S/C13H13Cl2N3OS/c1-8(2)19-12-10(14)5-9(6-11(12)15)7-17-18-13-16-3-4-20-13/h3-8H,1-2H3,(H,16,18)/b17-7-. The average Bonchev–Trinajstić information content (AvgIpc) is 2.87. The topological polar surface area (TPSA) is 46.5 Å². The van der Waals surface area contributed by atoms with E-state index in [1.54, 1.807) is 24.5 Å². The molecule has 0 amide bonds. The normalized spacial score (nSPS) is 11.2. The molecule has 0 aliphatic carbocycles. The number of nitrogens with one attached hydrogen (secondary N) is 1. The quantitative estimate of drug-likeness (QED) is 0.639. The smallest absolute Gasteiger partial charge is 0.203 e. The minimum Gasteiger partial charge on any atom is -0.488 e. The van der Waals surface area contributed by atoms with Gasteiger partial charge in [-0.15, -0.1) is 11.3 Å². The zero-order chi connectivity index (χ0) is 14.5. The van der Waals surface area contributed by atoms with Crippen molar-refractivity contribution >= 4 is 45.9 Å². The molecular weight excluding hydrogens is 317 g/mol. The fraction of sp³-hybridized carbons (Fsp3) is 0.231. The number of hydrazone groups is 1. The summed E-state index contributed by atoms with van der Waals surface area (Å²) in [7, 11) is 0. The summed E-state index contributed by atoms with van der Waals surface area (Å²) in [6, 6.07) is 3.50. The largest absolute Gasteiger partial charge is 0.488 e. The van der Waals surface area contributed by atoms with Crippen LogP contribution in [-0.4, -0.2) is 17.3 Å². The Balaban J connectivity index is 2.11. The first-order valence-corrected chi connectivity index (χ1v) is 7.54. The van der Waals surface area contributed by atoms with Crippen LogP contribution in [0.4, 0.5) is 5.13 Å². The van der Waals surface area contributed by atoms with E-state index in [1.165, 1.54) is 11.3 Å². The lowest BCUT2D eigenvalue weighted by Crippen LogP contribution is -2.06. The number of anilines is 1. The summed E-state index contributed by atoms with van der Waals surface area (Å²) in [4.78, 5) is 4.05. The van der Waals surface area contributed by atoms with E-state index < -0.39 is 0 Å². The van der Waals surface area contributed by atoms with Crippen molar-refractivity contribution in [2.75, 3.05) is 5.43 Å². The second-order valence-corrected chi connectivity index (χ2v) is 5.90. The van der Waals surface area contributed by atoms with Crippen molar-refractivity contribution in [3.63, 3.8) is 0 Å². The van der Waals surface area contributed by atoms with Crippen LogP contribution >= 0.6 is 34.5 Å². The Hall–Kier alpha value is -1.30. The lowest BCUT2D eigenvalue weighted by Gasteiger charge is -2.13. The Morgan fingerprint density at radius 3 is 2.60 bits per heavy atom. The van der Waals surface area contributed by atoms with Gasteiger partial charge in [-0.3, -0.25) is 5.43 Å². The second kappa shape index (κ2) is 6.92. The maximum Gasteiger partial charge on any atom is 0.203 e. The Morgan fingerprint density at radius 1 is 1.35 bits per heavy atom. The molecule has 0 fully saturated rings. The predicted octanol–water partition coefficient (Wildman–Crippen LogP) is 4.68. The first-order valence-electron chi connectivity index (χ1n) is 5.90. The van der Waals surface area contributed by atoms with Gasteiger partial charge in [0.15, 0.2) is 5.75 Å². The van der Waals surface area contributed by atoms with Crippen molar-refractivity contribution < 1.29 is 4.74 Å². The molecule has 0 saturated carbocycles. The van der Waals surface area contributed by atoms with Gasteiger partial charge in [-0.1, -0.05) is 23.2 Å². The number of ether oxygens (including phenoxy) is 1. The molecule has 0 bridgehead atoms. The molecule has 1 heterocycles. The monoisotopic (exact) mass is 329 g/mol. The van der Waals surface area contributed by atoms with Crippen LogP contribution in [0.5, 0.6) is 5.75 Å². The van der Waals surface area contributed by atoms with Crippen LogP contribution in [0, 0.1) is 0 Å². The van der Waals surface area contributed by atoms with Gasteiger partial charge in [0, 0.05) is 11.6 Å². The van der Waals surface area contributed by atoms with E-state index in [0.717, 1.165) is 10.7 Å². The summed E-state index contributed by atoms with van der Waals surface area (Å²) in [5.74, 6) is 0.494. The van der Waals surface area contributed by atoms with Gasteiger partial charge in [-0.2, -0.15) is 5.10 Å². The van der Waals surface area contributed by atoms with Crippen LogP contribution in [0.3, 0.4) is 0 Å². The molecule has 2 rings (SSSR count). The number of hydrogen-bond acceptors (Lipinski definition) is 5. The highest BCUT2D eigenvalue weighted by molar-refractivity contribution is 7.13. The van der Waals surface area contributed by atoms with Crippen LogP contribution in [0.25, 0.3) is 0 Å². The van der Waals surface area contributed by atoms with Gasteiger partial charge in [0.25, 0.3) is 0 Å². The molecule has 0 radical (unpaired) electrons. The predicted molar refractivity (Wildman–Crippen MR) is 85.6 cm³/mol. The van der Waals surface area contributed by atoms with Crippen molar-refractivity contribution in [3.05, 3.63) is 39.3 Å². The number of hydrogen-bond donors (Lipinski definition) is 1. The summed E-state index contributed by atoms with van der Waals surface area (Å²) >= 11 is 13.8. The first-order chi connectivity index (χ1) is 9.56. The molecule has 1 aromatic heterocycles. The third kappa shape index (κ3) is 4.10. The third-order valence-electron chi connectivity index (χ3n) is 2.18. The average molecular weight is 330 g/mol. The highest BCUT2D eigenvalue weighted by atomic mass is 35.5. The summed E-state index contributed by atoms with van der Waals surface area (Å²) in [5, 5.41) is 7.58. The number of benzene rings is 1. The van der Waals surface area contributed by atoms with Gasteiger partial charge in [-0.05, 0) is 31.5 Å². The Bertz CT molecular complexity index is 577. The minimum atomic E-state index is 0.0103. The molecule has 106 valence electrons. The van der Waals surface area contributed by atoms with Crippen molar-refractivity contribution in [2.45, 2.75) is 20.0 Å². The number of aromatic nitrogens is 1. The molecule has 20 heavy (non-hydrogen) atoms. The SMILES string of the molecule is CC(C)Oc1c(Cl)cc(/C=N\Nc2nccs2)cc1Cl. The first kappa shape index (κ1) is 15.1. The van der Waals surface area contributed by atoms with E-state index in [2.05, 4.69) is 15.5 Å². The van der Waals surface area contributed by atoms with E-state index in [-0.39, 0.29) is 6.10 Å². The Morgan fingerprint density at radius 2 is 2.05 bits per heavy atom. The van der Waals surface area contributed by atoms with Crippen LogP contribution in [0.2, 0.25) is 10.0 Å². The summed E-state index contributed by atoms with van der Waals surface area (Å²) in [5.41, 5.74) is 3.60. The van der Waals surface area contributed by atoms with E-state index in [4.69, 9.17) is 27.9 Å². The maximum atomic E-state index is 6.16. The minimum absolute atomic E-state index is 0.0103. The molecule has 0 atom stereocenters. The van der Waals surface area contributed by atoms with E-state index in [9.17, 15) is 0 Å². The number of rotatable bonds is 5. The van der Waals surface area contributed by atoms with E-state index in [1.807, 2.05) is 19.2 Å². The van der Waals surface area contributed by atoms with Crippen LogP contribution in [0.15, 0.2) is 28.8 Å². The molecule has 7 heteroatoms.